The van der Waals surface area contributed by atoms with Crippen LogP contribution in [0, 0.1) is 0 Å². The number of carbonyl (C=O) groups excluding carboxylic acids is 2. The SMILES string of the molecule is CC1CN(C(=O)c2ccc(SCC(=O)C(C)(F)F)c(Cl)c2)CCN1c1cccc(Cl)c1. The van der Waals surface area contributed by atoms with Gasteiger partial charge < -0.3 is 9.80 Å². The molecule has 3 rings (SSSR count). The minimum Gasteiger partial charge on any atom is -0.365 e. The molecular weight excluding hydrogens is 465 g/mol. The molecule has 0 bridgehead atoms. The minimum absolute atomic E-state index is 0.100. The largest absolute Gasteiger partial charge is 0.365 e. The predicted molar refractivity (Wildman–Crippen MR) is 122 cm³/mol. The highest BCUT2D eigenvalue weighted by atomic mass is 35.5. The van der Waals surface area contributed by atoms with Gasteiger partial charge in [0.05, 0.1) is 10.8 Å². The van der Waals surface area contributed by atoms with Gasteiger partial charge in [0, 0.05) is 53.8 Å². The standard InChI is InChI=1S/C22H22Cl2F2N2O2S/c1-14-12-27(8-9-28(14)17-5-3-4-16(23)11-17)21(30)15-6-7-19(18(24)10-15)31-13-20(29)22(2,25)26/h3-7,10-11,14H,8-9,12-13H2,1-2H3. The third-order valence-corrected chi connectivity index (χ3v) is 6.82. The first-order valence-electron chi connectivity index (χ1n) is 9.71. The van der Waals surface area contributed by atoms with E-state index >= 15 is 0 Å². The number of carbonyl (C=O) groups is 2. The topological polar surface area (TPSA) is 40.6 Å². The van der Waals surface area contributed by atoms with Crippen LogP contribution in [0.1, 0.15) is 24.2 Å². The number of hydrogen-bond acceptors (Lipinski definition) is 4. The third-order valence-electron chi connectivity index (χ3n) is 5.08. The summed E-state index contributed by atoms with van der Waals surface area (Å²) < 4.78 is 26.1. The molecular formula is C22H22Cl2F2N2O2S. The summed E-state index contributed by atoms with van der Waals surface area (Å²) in [5.74, 6) is -5.08. The van der Waals surface area contributed by atoms with Crippen LogP contribution < -0.4 is 4.90 Å². The molecule has 1 fully saturated rings. The summed E-state index contributed by atoms with van der Waals surface area (Å²) in [5.41, 5.74) is 1.44. The molecule has 1 amide bonds. The van der Waals surface area contributed by atoms with Crippen molar-refractivity contribution >= 4 is 52.3 Å². The number of Topliss-reactive ketones (excluding diaryl/α,β-unsaturated/α-hetero) is 1. The van der Waals surface area contributed by atoms with Crippen LogP contribution in [0.3, 0.4) is 0 Å². The number of anilines is 1. The molecule has 0 aliphatic carbocycles. The highest BCUT2D eigenvalue weighted by molar-refractivity contribution is 8.00. The first-order chi connectivity index (χ1) is 14.6. The van der Waals surface area contributed by atoms with Crippen molar-refractivity contribution in [2.24, 2.45) is 0 Å². The van der Waals surface area contributed by atoms with Crippen LogP contribution in [0.15, 0.2) is 47.4 Å². The van der Waals surface area contributed by atoms with E-state index in [1.54, 1.807) is 17.0 Å². The fourth-order valence-corrected chi connectivity index (χ4v) is 4.81. The lowest BCUT2D eigenvalue weighted by atomic mass is 10.1. The molecule has 1 heterocycles. The quantitative estimate of drug-likeness (QED) is 0.493. The van der Waals surface area contributed by atoms with Crippen molar-refractivity contribution < 1.29 is 18.4 Å². The maximum absolute atomic E-state index is 13.0. The first kappa shape index (κ1) is 23.8. The Hall–Kier alpha value is -1.83. The third kappa shape index (κ3) is 5.90. The lowest BCUT2D eigenvalue weighted by Crippen LogP contribution is -2.53. The lowest BCUT2D eigenvalue weighted by molar-refractivity contribution is -0.137. The summed E-state index contributed by atoms with van der Waals surface area (Å²) in [6, 6.07) is 12.5. The average Bonchev–Trinajstić information content (AvgIpc) is 2.71. The van der Waals surface area contributed by atoms with Gasteiger partial charge in [0.15, 0.2) is 0 Å². The van der Waals surface area contributed by atoms with E-state index in [1.165, 1.54) is 6.07 Å². The number of amides is 1. The van der Waals surface area contributed by atoms with Gasteiger partial charge in [0.2, 0.25) is 5.78 Å². The molecule has 1 unspecified atom stereocenters. The highest BCUT2D eigenvalue weighted by Gasteiger charge is 2.32. The summed E-state index contributed by atoms with van der Waals surface area (Å²) in [4.78, 5) is 28.9. The van der Waals surface area contributed by atoms with Crippen molar-refractivity contribution in [1.82, 2.24) is 4.90 Å². The smallest absolute Gasteiger partial charge is 0.303 e. The second kappa shape index (κ2) is 9.76. The minimum atomic E-state index is -3.38. The molecule has 0 aromatic heterocycles. The number of alkyl halides is 2. The van der Waals surface area contributed by atoms with E-state index in [-0.39, 0.29) is 22.7 Å². The molecule has 0 radical (unpaired) electrons. The van der Waals surface area contributed by atoms with E-state index in [4.69, 9.17) is 23.2 Å². The second-order valence-corrected chi connectivity index (χ2v) is 9.38. The number of ketones is 1. The molecule has 1 aliphatic rings. The van der Waals surface area contributed by atoms with Crippen molar-refractivity contribution in [3.05, 3.63) is 58.1 Å². The molecule has 0 saturated carbocycles. The van der Waals surface area contributed by atoms with Crippen molar-refractivity contribution in [1.29, 1.82) is 0 Å². The van der Waals surface area contributed by atoms with Gasteiger partial charge in [-0.05, 0) is 43.3 Å². The zero-order chi connectivity index (χ0) is 22.8. The van der Waals surface area contributed by atoms with Gasteiger partial charge >= 0.3 is 5.92 Å². The molecule has 1 atom stereocenters. The van der Waals surface area contributed by atoms with Crippen LogP contribution in [0.5, 0.6) is 0 Å². The van der Waals surface area contributed by atoms with Gasteiger partial charge in [-0.15, -0.1) is 11.8 Å². The van der Waals surface area contributed by atoms with E-state index in [9.17, 15) is 18.4 Å². The molecule has 1 saturated heterocycles. The maximum atomic E-state index is 13.0. The number of halogens is 4. The predicted octanol–water partition coefficient (Wildman–Crippen LogP) is 5.66. The fraction of sp³-hybridized carbons (Fsp3) is 0.364. The van der Waals surface area contributed by atoms with E-state index in [0.717, 1.165) is 17.4 Å². The normalized spacial score (nSPS) is 17.0. The Morgan fingerprint density at radius 3 is 2.52 bits per heavy atom. The number of thioether (sulfide) groups is 1. The van der Waals surface area contributed by atoms with Crippen molar-refractivity contribution in [3.63, 3.8) is 0 Å². The Labute approximate surface area is 194 Å². The van der Waals surface area contributed by atoms with Gasteiger partial charge in [-0.2, -0.15) is 8.78 Å². The van der Waals surface area contributed by atoms with E-state index in [2.05, 4.69) is 4.90 Å². The van der Waals surface area contributed by atoms with E-state index in [1.807, 2.05) is 31.2 Å². The zero-order valence-corrected chi connectivity index (χ0v) is 19.4. The van der Waals surface area contributed by atoms with Crippen LogP contribution >= 0.6 is 35.0 Å². The molecule has 0 N–H and O–H groups in total. The molecule has 2 aromatic rings. The number of nitrogens with zero attached hydrogens (tertiary/aromatic N) is 2. The Kier molecular flexibility index (Phi) is 7.50. The molecule has 2 aromatic carbocycles. The first-order valence-corrected chi connectivity index (χ1v) is 11.5. The molecule has 4 nitrogen and oxygen atoms in total. The summed E-state index contributed by atoms with van der Waals surface area (Å²) in [7, 11) is 0. The van der Waals surface area contributed by atoms with Gasteiger partial charge in [-0.3, -0.25) is 9.59 Å². The Morgan fingerprint density at radius 2 is 1.90 bits per heavy atom. The van der Waals surface area contributed by atoms with Gasteiger partial charge in [0.1, 0.15) is 0 Å². The molecule has 0 spiro atoms. The maximum Gasteiger partial charge on any atom is 0.303 e. The van der Waals surface area contributed by atoms with Crippen molar-refractivity contribution in [2.75, 3.05) is 30.3 Å². The van der Waals surface area contributed by atoms with Gasteiger partial charge in [0.25, 0.3) is 5.91 Å². The van der Waals surface area contributed by atoms with E-state index < -0.39 is 11.7 Å². The number of hydrogen-bond donors (Lipinski definition) is 0. The number of benzene rings is 2. The number of rotatable bonds is 6. The monoisotopic (exact) mass is 486 g/mol. The number of piperazine rings is 1. The summed E-state index contributed by atoms with van der Waals surface area (Å²) in [6.07, 6.45) is 0. The van der Waals surface area contributed by atoms with E-state index in [0.29, 0.717) is 42.0 Å². The van der Waals surface area contributed by atoms with Crippen molar-refractivity contribution in [2.45, 2.75) is 30.7 Å². The van der Waals surface area contributed by atoms with Crippen LogP contribution in [0.4, 0.5) is 14.5 Å². The van der Waals surface area contributed by atoms with Gasteiger partial charge in [-0.1, -0.05) is 29.3 Å². The Balaban J connectivity index is 1.64. The highest BCUT2D eigenvalue weighted by Crippen LogP contribution is 2.31. The van der Waals surface area contributed by atoms with Crippen LogP contribution in [0.25, 0.3) is 0 Å². The molecule has 1 aliphatic heterocycles. The Bertz CT molecular complexity index is 984. The molecule has 31 heavy (non-hydrogen) atoms. The van der Waals surface area contributed by atoms with Crippen molar-refractivity contribution in [3.8, 4) is 0 Å². The van der Waals surface area contributed by atoms with Crippen LogP contribution in [0.2, 0.25) is 10.0 Å². The lowest BCUT2D eigenvalue weighted by Gasteiger charge is -2.41. The molecule has 9 heteroatoms. The van der Waals surface area contributed by atoms with Crippen LogP contribution in [-0.4, -0.2) is 53.9 Å². The summed E-state index contributed by atoms with van der Waals surface area (Å²) in [5, 5.41) is 0.925. The average molecular weight is 487 g/mol. The zero-order valence-electron chi connectivity index (χ0n) is 17.1. The molecule has 166 valence electrons. The Morgan fingerprint density at radius 1 is 1.16 bits per heavy atom. The summed E-state index contributed by atoms with van der Waals surface area (Å²) >= 11 is 13.3. The fourth-order valence-electron chi connectivity index (χ4n) is 3.38. The second-order valence-electron chi connectivity index (χ2n) is 7.52. The van der Waals surface area contributed by atoms with Crippen LogP contribution in [-0.2, 0) is 4.79 Å². The van der Waals surface area contributed by atoms with Gasteiger partial charge in [-0.25, -0.2) is 0 Å². The summed E-state index contributed by atoms with van der Waals surface area (Å²) in [6.45, 7) is 4.38.